The third-order valence-corrected chi connectivity index (χ3v) is 2.80. The van der Waals surface area contributed by atoms with Crippen molar-refractivity contribution in [2.45, 2.75) is 38.7 Å². The average molecular weight is 293 g/mol. The van der Waals surface area contributed by atoms with E-state index in [-0.39, 0.29) is 12.1 Å². The molecular weight excluding hydrogens is 274 g/mol. The molecule has 0 aliphatic heterocycles. The van der Waals surface area contributed by atoms with Gasteiger partial charge in [-0.25, -0.2) is 8.78 Å². The van der Waals surface area contributed by atoms with Gasteiger partial charge in [0.05, 0.1) is 6.61 Å². The zero-order valence-corrected chi connectivity index (χ0v) is 11.5. The molecule has 1 aromatic carbocycles. The first-order valence-corrected chi connectivity index (χ1v) is 6.55. The molecule has 6 heteroatoms. The summed E-state index contributed by atoms with van der Waals surface area (Å²) in [5, 5.41) is 2.49. The smallest absolute Gasteiger partial charge is 0.326 e. The fraction of sp³-hybridized carbons (Fsp3) is 0.571. The molecule has 114 valence electrons. The van der Waals surface area contributed by atoms with Gasteiger partial charge in [0.15, 0.2) is 0 Å². The third kappa shape index (κ3) is 4.10. The minimum Gasteiger partial charge on any atom is -0.494 e. The summed E-state index contributed by atoms with van der Waals surface area (Å²) in [6.45, 7) is 4.26. The van der Waals surface area contributed by atoms with Crippen molar-refractivity contribution in [1.29, 1.82) is 0 Å². The maximum Gasteiger partial charge on any atom is 0.326 e. The van der Waals surface area contributed by atoms with Crippen molar-refractivity contribution >= 4 is 0 Å². The Balaban J connectivity index is 2.98. The summed E-state index contributed by atoms with van der Waals surface area (Å²) < 4.78 is 57.6. The summed E-state index contributed by atoms with van der Waals surface area (Å²) in [5.41, 5.74) is 0.118. The largest absolute Gasteiger partial charge is 0.494 e. The van der Waals surface area contributed by atoms with Gasteiger partial charge in [-0.05, 0) is 37.6 Å². The number of rotatable bonds is 8. The van der Waals surface area contributed by atoms with E-state index in [2.05, 4.69) is 5.32 Å². The van der Waals surface area contributed by atoms with Gasteiger partial charge < -0.3 is 10.1 Å². The van der Waals surface area contributed by atoms with Crippen molar-refractivity contribution in [2.75, 3.05) is 13.2 Å². The molecule has 0 amide bonds. The van der Waals surface area contributed by atoms with Crippen LogP contribution in [-0.4, -0.2) is 25.5 Å². The van der Waals surface area contributed by atoms with Crippen molar-refractivity contribution in [2.24, 2.45) is 0 Å². The van der Waals surface area contributed by atoms with Crippen LogP contribution in [0.25, 0.3) is 0 Å². The predicted octanol–water partition coefficient (Wildman–Crippen LogP) is 4.03. The van der Waals surface area contributed by atoms with Crippen LogP contribution >= 0.6 is 0 Å². The number of halogens is 4. The van der Waals surface area contributed by atoms with E-state index in [0.717, 1.165) is 0 Å². The van der Waals surface area contributed by atoms with Gasteiger partial charge in [-0.1, -0.05) is 19.1 Å². The number of nitrogens with one attached hydrogen (secondary N) is 1. The molecule has 1 atom stereocenters. The second-order valence-corrected chi connectivity index (χ2v) is 4.36. The Bertz CT molecular complexity index is 395. The van der Waals surface area contributed by atoms with Gasteiger partial charge >= 0.3 is 12.3 Å². The molecule has 0 radical (unpaired) electrons. The summed E-state index contributed by atoms with van der Waals surface area (Å²) in [6.07, 6.45) is -3.14. The van der Waals surface area contributed by atoms with E-state index in [1.165, 1.54) is 24.3 Å². The van der Waals surface area contributed by atoms with Crippen LogP contribution in [0.4, 0.5) is 17.6 Å². The molecule has 2 nitrogen and oxygen atoms in total. The molecule has 0 spiro atoms. The number of ether oxygens (including phenoxy) is 1. The van der Waals surface area contributed by atoms with E-state index in [1.54, 1.807) is 13.8 Å². The maximum atomic E-state index is 13.6. The van der Waals surface area contributed by atoms with Crippen molar-refractivity contribution in [1.82, 2.24) is 5.32 Å². The number of benzene rings is 1. The van der Waals surface area contributed by atoms with Crippen LogP contribution in [-0.2, 0) is 0 Å². The molecule has 0 heterocycles. The van der Waals surface area contributed by atoms with Crippen LogP contribution in [0.3, 0.4) is 0 Å². The highest BCUT2D eigenvalue weighted by Crippen LogP contribution is 2.37. The van der Waals surface area contributed by atoms with E-state index in [1.807, 2.05) is 0 Å². The normalized spacial score (nSPS) is 13.6. The lowest BCUT2D eigenvalue weighted by molar-refractivity contribution is -0.151. The molecule has 0 bridgehead atoms. The highest BCUT2D eigenvalue weighted by Gasteiger charge is 2.49. The van der Waals surface area contributed by atoms with Gasteiger partial charge in [0.1, 0.15) is 11.8 Å². The highest BCUT2D eigenvalue weighted by atomic mass is 19.3. The van der Waals surface area contributed by atoms with Crippen LogP contribution in [0.2, 0.25) is 0 Å². The fourth-order valence-corrected chi connectivity index (χ4v) is 1.81. The van der Waals surface area contributed by atoms with Crippen LogP contribution in [0, 0.1) is 0 Å². The van der Waals surface area contributed by atoms with E-state index in [0.29, 0.717) is 18.8 Å². The van der Waals surface area contributed by atoms with E-state index >= 15 is 0 Å². The van der Waals surface area contributed by atoms with Crippen molar-refractivity contribution in [3.8, 4) is 5.75 Å². The Kier molecular flexibility index (Phi) is 6.26. The first-order valence-electron chi connectivity index (χ1n) is 6.55. The van der Waals surface area contributed by atoms with E-state index in [4.69, 9.17) is 4.74 Å². The minimum atomic E-state index is -4.12. The third-order valence-electron chi connectivity index (χ3n) is 2.80. The predicted molar refractivity (Wildman–Crippen MR) is 69.6 cm³/mol. The molecule has 0 saturated heterocycles. The number of alkyl halides is 4. The van der Waals surface area contributed by atoms with Crippen LogP contribution in [0.1, 0.15) is 31.9 Å². The van der Waals surface area contributed by atoms with Gasteiger partial charge in [-0.15, -0.1) is 0 Å². The van der Waals surface area contributed by atoms with Crippen LogP contribution < -0.4 is 10.1 Å². The van der Waals surface area contributed by atoms with Gasteiger partial charge in [0.2, 0.25) is 0 Å². The van der Waals surface area contributed by atoms with E-state index in [9.17, 15) is 17.6 Å². The molecule has 0 aliphatic carbocycles. The van der Waals surface area contributed by atoms with Crippen molar-refractivity contribution in [3.63, 3.8) is 0 Å². The van der Waals surface area contributed by atoms with Crippen LogP contribution in [0.15, 0.2) is 24.3 Å². The minimum absolute atomic E-state index is 0.118. The second-order valence-electron chi connectivity index (χ2n) is 4.36. The van der Waals surface area contributed by atoms with Crippen molar-refractivity contribution in [3.05, 3.63) is 29.8 Å². The zero-order valence-electron chi connectivity index (χ0n) is 11.5. The standard InChI is InChI=1S/C14H19F4NO/c1-3-9-19-12(14(17,18)13(15)16)10-5-7-11(8-6-10)20-4-2/h5-8,12-13,19H,3-4,9H2,1-2H3. The van der Waals surface area contributed by atoms with Gasteiger partial charge in [-0.3, -0.25) is 0 Å². The Morgan fingerprint density at radius 3 is 2.20 bits per heavy atom. The molecule has 0 saturated carbocycles. The van der Waals surface area contributed by atoms with Gasteiger partial charge in [0.25, 0.3) is 0 Å². The quantitative estimate of drug-likeness (QED) is 0.731. The summed E-state index contributed by atoms with van der Waals surface area (Å²) in [4.78, 5) is 0. The SMILES string of the molecule is CCCNC(c1ccc(OCC)cc1)C(F)(F)C(F)F. The van der Waals surface area contributed by atoms with Gasteiger partial charge in [0, 0.05) is 0 Å². The molecule has 0 aliphatic rings. The summed E-state index contributed by atoms with van der Waals surface area (Å²) in [5.74, 6) is -3.60. The number of hydrogen-bond donors (Lipinski definition) is 1. The van der Waals surface area contributed by atoms with E-state index < -0.39 is 18.4 Å². The molecule has 0 fully saturated rings. The highest BCUT2D eigenvalue weighted by molar-refractivity contribution is 5.30. The van der Waals surface area contributed by atoms with Gasteiger partial charge in [-0.2, -0.15) is 8.78 Å². The first-order chi connectivity index (χ1) is 9.43. The molecule has 1 aromatic rings. The van der Waals surface area contributed by atoms with Crippen LogP contribution in [0.5, 0.6) is 5.75 Å². The summed E-state index contributed by atoms with van der Waals surface area (Å²) in [6, 6.07) is 4.06. The molecule has 20 heavy (non-hydrogen) atoms. The fourth-order valence-electron chi connectivity index (χ4n) is 1.81. The molecule has 1 N–H and O–H groups in total. The topological polar surface area (TPSA) is 21.3 Å². The molecule has 0 aromatic heterocycles. The van der Waals surface area contributed by atoms with Crippen molar-refractivity contribution < 1.29 is 22.3 Å². The first kappa shape index (κ1) is 16.8. The zero-order chi connectivity index (χ0) is 15.2. The lowest BCUT2D eigenvalue weighted by atomic mass is 10.0. The summed E-state index contributed by atoms with van der Waals surface area (Å²) >= 11 is 0. The summed E-state index contributed by atoms with van der Waals surface area (Å²) in [7, 11) is 0. The average Bonchev–Trinajstić information content (AvgIpc) is 2.41. The Morgan fingerprint density at radius 2 is 1.75 bits per heavy atom. The monoisotopic (exact) mass is 293 g/mol. The molecule has 1 unspecified atom stereocenters. The molecule has 1 rings (SSSR count). The Hall–Kier alpha value is -1.30. The number of hydrogen-bond acceptors (Lipinski definition) is 2. The Morgan fingerprint density at radius 1 is 1.15 bits per heavy atom. The Labute approximate surface area is 116 Å². The lowest BCUT2D eigenvalue weighted by Gasteiger charge is -2.27. The lowest BCUT2D eigenvalue weighted by Crippen LogP contribution is -2.42. The molecular formula is C14H19F4NO. The maximum absolute atomic E-state index is 13.6. The second kappa shape index (κ2) is 7.47.